The van der Waals surface area contributed by atoms with Gasteiger partial charge in [-0.25, -0.2) is 8.78 Å². The summed E-state index contributed by atoms with van der Waals surface area (Å²) in [5.74, 6) is -3.62. The zero-order chi connectivity index (χ0) is 18.0. The fourth-order valence-corrected chi connectivity index (χ4v) is 2.54. The fraction of sp³-hybridized carbons (Fsp3) is 0.125. The van der Waals surface area contributed by atoms with Gasteiger partial charge >= 0.3 is 0 Å². The Morgan fingerprint density at radius 3 is 2.29 bits per heavy atom. The molecule has 1 amide bonds. The second-order valence-electron chi connectivity index (χ2n) is 4.99. The van der Waals surface area contributed by atoms with Crippen molar-refractivity contribution in [1.29, 1.82) is 0 Å². The molecule has 8 heteroatoms. The van der Waals surface area contributed by atoms with Gasteiger partial charge in [-0.05, 0) is 47.1 Å². The maximum Gasteiger partial charge on any atom is 0.241 e. The molecule has 126 valence electrons. The van der Waals surface area contributed by atoms with Crippen molar-refractivity contribution in [2.24, 2.45) is 5.73 Å². The summed E-state index contributed by atoms with van der Waals surface area (Å²) in [6, 6.07) is 5.10. The summed E-state index contributed by atoms with van der Waals surface area (Å²) < 4.78 is 28.2. The van der Waals surface area contributed by atoms with Crippen LogP contribution in [0.1, 0.15) is 22.8 Å². The Morgan fingerprint density at radius 2 is 1.75 bits per heavy atom. The molecular formula is C16H12BrClF2N2O2. The number of nitrogens with two attached hydrogens (primary N) is 1. The second kappa shape index (κ2) is 7.38. The highest BCUT2D eigenvalue weighted by molar-refractivity contribution is 9.10. The van der Waals surface area contributed by atoms with E-state index in [1.54, 1.807) is 0 Å². The van der Waals surface area contributed by atoms with E-state index in [-0.39, 0.29) is 16.3 Å². The Bertz CT molecular complexity index is 808. The quantitative estimate of drug-likeness (QED) is 0.741. The Hall–Kier alpha value is -1.83. The molecule has 1 unspecified atom stereocenters. The number of benzene rings is 2. The lowest BCUT2D eigenvalue weighted by Gasteiger charge is -2.15. The van der Waals surface area contributed by atoms with Crippen LogP contribution >= 0.6 is 27.5 Å². The summed E-state index contributed by atoms with van der Waals surface area (Å²) in [5, 5.41) is 2.35. The predicted molar refractivity (Wildman–Crippen MR) is 91.2 cm³/mol. The van der Waals surface area contributed by atoms with E-state index in [4.69, 9.17) is 17.3 Å². The van der Waals surface area contributed by atoms with Crippen LogP contribution in [0.5, 0.6) is 0 Å². The van der Waals surface area contributed by atoms with Gasteiger partial charge in [0.05, 0.1) is 27.9 Å². The number of carbonyl (C=O) groups excluding carboxylic acids is 2. The van der Waals surface area contributed by atoms with Crippen LogP contribution in [-0.4, -0.2) is 17.7 Å². The van der Waals surface area contributed by atoms with E-state index in [1.165, 1.54) is 19.1 Å². The van der Waals surface area contributed by atoms with Gasteiger partial charge in [-0.15, -0.1) is 0 Å². The lowest BCUT2D eigenvalue weighted by atomic mass is 10.00. The number of halogens is 4. The minimum Gasteiger partial charge on any atom is -0.324 e. The van der Waals surface area contributed by atoms with Crippen LogP contribution in [0.25, 0.3) is 0 Å². The average Bonchev–Trinajstić information content (AvgIpc) is 2.50. The lowest BCUT2D eigenvalue weighted by Crippen LogP contribution is -2.33. The maximum atomic E-state index is 13.9. The number of nitrogens with one attached hydrogen (secondary N) is 1. The van der Waals surface area contributed by atoms with Gasteiger partial charge < -0.3 is 11.1 Å². The van der Waals surface area contributed by atoms with Gasteiger partial charge in [0.2, 0.25) is 11.7 Å². The van der Waals surface area contributed by atoms with E-state index < -0.39 is 34.9 Å². The van der Waals surface area contributed by atoms with Crippen LogP contribution in [0.15, 0.2) is 34.8 Å². The third kappa shape index (κ3) is 3.63. The van der Waals surface area contributed by atoms with Gasteiger partial charge in [-0.1, -0.05) is 17.7 Å². The number of carbonyl (C=O) groups is 2. The van der Waals surface area contributed by atoms with Gasteiger partial charge in [0.15, 0.2) is 0 Å². The van der Waals surface area contributed by atoms with Crippen LogP contribution in [0, 0.1) is 11.6 Å². The van der Waals surface area contributed by atoms with Crippen molar-refractivity contribution in [3.8, 4) is 0 Å². The van der Waals surface area contributed by atoms with Gasteiger partial charge in [0.1, 0.15) is 11.6 Å². The van der Waals surface area contributed by atoms with Crippen LogP contribution in [0.3, 0.4) is 0 Å². The molecule has 0 spiro atoms. The van der Waals surface area contributed by atoms with Gasteiger partial charge in [-0.2, -0.15) is 0 Å². The zero-order valence-electron chi connectivity index (χ0n) is 12.4. The topological polar surface area (TPSA) is 72.2 Å². The third-order valence-electron chi connectivity index (χ3n) is 3.18. The average molecular weight is 418 g/mol. The lowest BCUT2D eigenvalue weighted by molar-refractivity contribution is -0.117. The molecule has 2 aromatic rings. The van der Waals surface area contributed by atoms with Gasteiger partial charge in [0.25, 0.3) is 0 Å². The van der Waals surface area contributed by atoms with E-state index >= 15 is 0 Å². The van der Waals surface area contributed by atoms with Gasteiger partial charge in [-0.3, -0.25) is 9.59 Å². The van der Waals surface area contributed by atoms with E-state index in [0.717, 1.165) is 18.2 Å². The summed E-state index contributed by atoms with van der Waals surface area (Å²) in [6.45, 7) is 1.45. The smallest absolute Gasteiger partial charge is 0.241 e. The van der Waals surface area contributed by atoms with Crippen molar-refractivity contribution in [2.45, 2.75) is 13.0 Å². The summed E-state index contributed by atoms with van der Waals surface area (Å²) in [5.41, 5.74) is 4.50. The molecular weight excluding hydrogens is 406 g/mol. The van der Waals surface area contributed by atoms with E-state index in [1.807, 2.05) is 0 Å². The molecule has 0 heterocycles. The van der Waals surface area contributed by atoms with Crippen LogP contribution in [0.4, 0.5) is 14.5 Å². The first-order valence-electron chi connectivity index (χ1n) is 6.77. The first kappa shape index (κ1) is 18.5. The number of hydrogen-bond acceptors (Lipinski definition) is 3. The highest BCUT2D eigenvalue weighted by Gasteiger charge is 2.26. The minimum atomic E-state index is -1.03. The highest BCUT2D eigenvalue weighted by Crippen LogP contribution is 2.34. The Morgan fingerprint density at radius 1 is 1.17 bits per heavy atom. The van der Waals surface area contributed by atoms with Crippen molar-refractivity contribution in [1.82, 2.24) is 0 Å². The van der Waals surface area contributed by atoms with Gasteiger partial charge in [0, 0.05) is 4.47 Å². The van der Waals surface area contributed by atoms with Crippen LogP contribution in [0.2, 0.25) is 5.02 Å². The molecule has 0 aromatic heterocycles. The van der Waals surface area contributed by atoms with E-state index in [2.05, 4.69) is 21.2 Å². The number of amides is 1. The molecule has 1 atom stereocenters. The summed E-state index contributed by atoms with van der Waals surface area (Å²) in [7, 11) is 0. The Balaban J connectivity index is 2.62. The first-order chi connectivity index (χ1) is 11.2. The Kier molecular flexibility index (Phi) is 5.69. The van der Waals surface area contributed by atoms with Crippen molar-refractivity contribution in [3.05, 3.63) is 62.6 Å². The summed E-state index contributed by atoms with van der Waals surface area (Å²) in [4.78, 5) is 24.5. The molecule has 0 aliphatic carbocycles. The van der Waals surface area contributed by atoms with Crippen molar-refractivity contribution < 1.29 is 18.4 Å². The van der Waals surface area contributed by atoms with Crippen molar-refractivity contribution >= 4 is 44.9 Å². The van der Waals surface area contributed by atoms with Crippen LogP contribution in [-0.2, 0) is 4.79 Å². The molecule has 4 nitrogen and oxygen atoms in total. The normalized spacial score (nSPS) is 11.9. The molecule has 3 N–H and O–H groups in total. The molecule has 0 fully saturated rings. The molecule has 0 saturated heterocycles. The second-order valence-corrected chi connectivity index (χ2v) is 6.22. The number of anilines is 1. The summed E-state index contributed by atoms with van der Waals surface area (Å²) in [6.07, 6.45) is 0. The number of rotatable bonds is 4. The first-order valence-corrected chi connectivity index (χ1v) is 7.94. The number of hydrogen-bond donors (Lipinski definition) is 2. The predicted octanol–water partition coefficient (Wildman–Crippen LogP) is 3.90. The largest absolute Gasteiger partial charge is 0.324 e. The summed E-state index contributed by atoms with van der Waals surface area (Å²) >= 11 is 9.26. The van der Waals surface area contributed by atoms with Crippen LogP contribution < -0.4 is 11.1 Å². The molecule has 0 radical (unpaired) electrons. The molecule has 2 rings (SSSR count). The monoisotopic (exact) mass is 416 g/mol. The fourth-order valence-electron chi connectivity index (χ4n) is 1.96. The SMILES string of the molecule is CC(N)C(=O)Nc1ccc(Br)c(Cl)c1C(=O)c1c(F)cccc1F. The zero-order valence-corrected chi connectivity index (χ0v) is 14.7. The molecule has 2 aromatic carbocycles. The molecule has 0 bridgehead atoms. The molecule has 24 heavy (non-hydrogen) atoms. The molecule has 0 aliphatic heterocycles. The minimum absolute atomic E-state index is 0.0122. The van der Waals surface area contributed by atoms with Crippen molar-refractivity contribution in [2.75, 3.05) is 5.32 Å². The van der Waals surface area contributed by atoms with Crippen molar-refractivity contribution in [3.63, 3.8) is 0 Å². The Labute approximate surface area is 150 Å². The standard InChI is InChI=1S/C16H12BrClF2N2O2/c1-7(21)16(24)22-11-6-5-8(17)14(18)13(11)15(23)12-9(19)3-2-4-10(12)20/h2-7H,21H2,1H3,(H,22,24). The highest BCUT2D eigenvalue weighted by atomic mass is 79.9. The molecule has 0 saturated carbocycles. The maximum absolute atomic E-state index is 13.9. The molecule has 0 aliphatic rings. The van der Waals surface area contributed by atoms with E-state index in [0.29, 0.717) is 4.47 Å². The van der Waals surface area contributed by atoms with E-state index in [9.17, 15) is 18.4 Å². The third-order valence-corrected chi connectivity index (χ3v) is 4.46. The number of ketones is 1.